The van der Waals surface area contributed by atoms with Crippen molar-refractivity contribution in [3.8, 4) is 0 Å². The molecule has 1 heterocycles. The molecule has 1 aromatic rings. The number of allylic oxidation sites excluding steroid dienone is 1. The molecule has 0 amide bonds. The average Bonchev–Trinajstić information content (AvgIpc) is 2.82. The summed E-state index contributed by atoms with van der Waals surface area (Å²) in [6.45, 7) is 1.83. The van der Waals surface area contributed by atoms with Crippen LogP contribution in [-0.2, 0) is 13.1 Å². The molecule has 2 aliphatic rings. The summed E-state index contributed by atoms with van der Waals surface area (Å²) in [5.41, 5.74) is 2.85. The third-order valence-corrected chi connectivity index (χ3v) is 3.90. The van der Waals surface area contributed by atoms with E-state index in [9.17, 15) is 4.79 Å². The van der Waals surface area contributed by atoms with Crippen LogP contribution in [0.2, 0.25) is 0 Å². The number of aromatic carboxylic acids is 1. The summed E-state index contributed by atoms with van der Waals surface area (Å²) in [5.74, 6) is -0.839. The molecule has 0 radical (unpaired) electrons. The van der Waals surface area contributed by atoms with Crippen LogP contribution >= 0.6 is 0 Å². The zero-order valence-corrected chi connectivity index (χ0v) is 10.3. The number of benzene rings is 1. The lowest BCUT2D eigenvalue weighted by molar-refractivity contribution is 0.0696. The third-order valence-electron chi connectivity index (χ3n) is 3.90. The first-order valence-corrected chi connectivity index (χ1v) is 6.50. The van der Waals surface area contributed by atoms with Crippen molar-refractivity contribution >= 4 is 5.97 Å². The Morgan fingerprint density at radius 1 is 1.28 bits per heavy atom. The highest BCUT2D eigenvalue weighted by Gasteiger charge is 2.25. The molecule has 1 atom stereocenters. The van der Waals surface area contributed by atoms with Gasteiger partial charge >= 0.3 is 5.97 Å². The molecule has 0 saturated heterocycles. The Morgan fingerprint density at radius 3 is 2.83 bits per heavy atom. The minimum atomic E-state index is -0.839. The van der Waals surface area contributed by atoms with Gasteiger partial charge in [-0.1, -0.05) is 18.2 Å². The summed E-state index contributed by atoms with van der Waals surface area (Å²) < 4.78 is 0. The highest BCUT2D eigenvalue weighted by atomic mass is 16.4. The molecule has 0 bridgehead atoms. The number of carboxylic acids is 1. The van der Waals surface area contributed by atoms with Gasteiger partial charge in [-0.25, -0.2) is 4.79 Å². The average molecular weight is 243 g/mol. The lowest BCUT2D eigenvalue weighted by Gasteiger charge is -2.26. The number of fused-ring (bicyclic) bond motifs is 1. The smallest absolute Gasteiger partial charge is 0.335 e. The molecule has 0 spiro atoms. The Balaban J connectivity index is 1.80. The topological polar surface area (TPSA) is 40.5 Å². The SMILES string of the molecule is O=C(O)c1ccc2c(c1)CN(C1C=CCCC1)C2. The first kappa shape index (κ1) is 11.5. The fourth-order valence-electron chi connectivity index (χ4n) is 2.89. The van der Waals surface area contributed by atoms with Gasteiger partial charge in [-0.3, -0.25) is 4.90 Å². The molecule has 1 aromatic carbocycles. The molecule has 0 aromatic heterocycles. The maximum Gasteiger partial charge on any atom is 0.335 e. The van der Waals surface area contributed by atoms with Crippen LogP contribution < -0.4 is 0 Å². The van der Waals surface area contributed by atoms with E-state index >= 15 is 0 Å². The van der Waals surface area contributed by atoms with Crippen LogP contribution in [0.5, 0.6) is 0 Å². The van der Waals surface area contributed by atoms with E-state index in [1.807, 2.05) is 12.1 Å². The van der Waals surface area contributed by atoms with Crippen molar-refractivity contribution in [1.29, 1.82) is 0 Å². The van der Waals surface area contributed by atoms with Crippen LogP contribution in [0.4, 0.5) is 0 Å². The molecule has 0 saturated carbocycles. The van der Waals surface area contributed by atoms with E-state index in [2.05, 4.69) is 17.1 Å². The molecule has 1 unspecified atom stereocenters. The molecular weight excluding hydrogens is 226 g/mol. The van der Waals surface area contributed by atoms with E-state index < -0.39 is 5.97 Å². The van der Waals surface area contributed by atoms with Crippen molar-refractivity contribution in [3.63, 3.8) is 0 Å². The van der Waals surface area contributed by atoms with E-state index in [0.717, 1.165) is 13.1 Å². The fourth-order valence-corrected chi connectivity index (χ4v) is 2.89. The summed E-state index contributed by atoms with van der Waals surface area (Å²) in [5, 5.41) is 9.01. The maximum absolute atomic E-state index is 11.0. The predicted octanol–water partition coefficient (Wildman–Crippen LogP) is 2.81. The maximum atomic E-state index is 11.0. The number of hydrogen-bond donors (Lipinski definition) is 1. The molecule has 3 nitrogen and oxygen atoms in total. The van der Waals surface area contributed by atoms with Crippen LogP contribution in [0.15, 0.2) is 30.4 Å². The van der Waals surface area contributed by atoms with E-state index in [0.29, 0.717) is 11.6 Å². The second kappa shape index (κ2) is 4.58. The van der Waals surface area contributed by atoms with Crippen LogP contribution in [0.1, 0.15) is 40.7 Å². The minimum Gasteiger partial charge on any atom is -0.478 e. The largest absolute Gasteiger partial charge is 0.478 e. The molecular formula is C15H17NO2. The number of nitrogens with zero attached hydrogens (tertiary/aromatic N) is 1. The van der Waals surface area contributed by atoms with E-state index in [1.165, 1.54) is 30.4 Å². The van der Waals surface area contributed by atoms with Crippen LogP contribution in [0.25, 0.3) is 0 Å². The zero-order valence-electron chi connectivity index (χ0n) is 10.3. The number of carboxylic acid groups (broad SMARTS) is 1. The van der Waals surface area contributed by atoms with Gasteiger partial charge in [0.1, 0.15) is 0 Å². The van der Waals surface area contributed by atoms with Crippen molar-refractivity contribution in [1.82, 2.24) is 4.90 Å². The molecule has 94 valence electrons. The van der Waals surface area contributed by atoms with Gasteiger partial charge in [0.25, 0.3) is 0 Å². The van der Waals surface area contributed by atoms with E-state index in [4.69, 9.17) is 5.11 Å². The van der Waals surface area contributed by atoms with Gasteiger partial charge in [0.15, 0.2) is 0 Å². The quantitative estimate of drug-likeness (QED) is 0.812. The van der Waals surface area contributed by atoms with Gasteiger partial charge in [-0.15, -0.1) is 0 Å². The Labute approximate surface area is 107 Å². The molecule has 1 aliphatic carbocycles. The molecule has 18 heavy (non-hydrogen) atoms. The monoisotopic (exact) mass is 243 g/mol. The van der Waals surface area contributed by atoms with Crippen molar-refractivity contribution in [3.05, 3.63) is 47.0 Å². The third kappa shape index (κ3) is 2.06. The summed E-state index contributed by atoms with van der Waals surface area (Å²) in [6.07, 6.45) is 8.23. The molecule has 3 rings (SSSR count). The molecule has 1 aliphatic heterocycles. The highest BCUT2D eigenvalue weighted by Crippen LogP contribution is 2.28. The highest BCUT2D eigenvalue weighted by molar-refractivity contribution is 5.87. The lowest BCUT2D eigenvalue weighted by atomic mass is 10.0. The van der Waals surface area contributed by atoms with Gasteiger partial charge in [0.05, 0.1) is 5.56 Å². The van der Waals surface area contributed by atoms with Gasteiger partial charge in [-0.05, 0) is 42.5 Å². The summed E-state index contributed by atoms with van der Waals surface area (Å²) in [7, 11) is 0. The van der Waals surface area contributed by atoms with Crippen LogP contribution in [0, 0.1) is 0 Å². The number of carbonyl (C=O) groups is 1. The first-order chi connectivity index (χ1) is 8.74. The summed E-state index contributed by atoms with van der Waals surface area (Å²) in [4.78, 5) is 13.4. The number of rotatable bonds is 2. The van der Waals surface area contributed by atoms with Gasteiger partial charge in [-0.2, -0.15) is 0 Å². The van der Waals surface area contributed by atoms with Crippen molar-refractivity contribution < 1.29 is 9.90 Å². The van der Waals surface area contributed by atoms with Gasteiger partial charge < -0.3 is 5.11 Å². The van der Waals surface area contributed by atoms with E-state index in [1.54, 1.807) is 6.07 Å². The second-order valence-corrected chi connectivity index (χ2v) is 5.12. The molecule has 0 fully saturated rings. The van der Waals surface area contributed by atoms with Crippen molar-refractivity contribution in [2.45, 2.75) is 38.4 Å². The first-order valence-electron chi connectivity index (χ1n) is 6.50. The normalized spacial score (nSPS) is 23.0. The standard InChI is InChI=1S/C15H17NO2/c17-15(18)11-6-7-12-9-16(10-13(12)8-11)14-4-2-1-3-5-14/h2,4,6-8,14H,1,3,5,9-10H2,(H,17,18). The molecule has 3 heteroatoms. The van der Waals surface area contributed by atoms with Crippen LogP contribution in [-0.4, -0.2) is 22.0 Å². The minimum absolute atomic E-state index is 0.398. The second-order valence-electron chi connectivity index (χ2n) is 5.12. The Hall–Kier alpha value is -1.61. The number of hydrogen-bond acceptors (Lipinski definition) is 2. The Bertz CT molecular complexity index is 507. The predicted molar refractivity (Wildman–Crippen MR) is 69.4 cm³/mol. The summed E-state index contributed by atoms with van der Waals surface area (Å²) >= 11 is 0. The van der Waals surface area contributed by atoms with E-state index in [-0.39, 0.29) is 0 Å². The summed E-state index contributed by atoms with van der Waals surface area (Å²) in [6, 6.07) is 6.02. The van der Waals surface area contributed by atoms with Crippen molar-refractivity contribution in [2.24, 2.45) is 0 Å². The zero-order chi connectivity index (χ0) is 12.5. The lowest BCUT2D eigenvalue weighted by Crippen LogP contribution is -2.29. The van der Waals surface area contributed by atoms with Gasteiger partial charge in [0, 0.05) is 19.1 Å². The Morgan fingerprint density at radius 2 is 2.11 bits per heavy atom. The fraction of sp³-hybridized carbons (Fsp3) is 0.400. The van der Waals surface area contributed by atoms with Gasteiger partial charge in [0.2, 0.25) is 0 Å². The van der Waals surface area contributed by atoms with Crippen molar-refractivity contribution in [2.75, 3.05) is 0 Å². The molecule has 1 N–H and O–H groups in total. The Kier molecular flexibility index (Phi) is 2.92. The van der Waals surface area contributed by atoms with Crippen LogP contribution in [0.3, 0.4) is 0 Å².